The fourth-order valence-corrected chi connectivity index (χ4v) is 5.33. The first-order valence-corrected chi connectivity index (χ1v) is 8.71. The van der Waals surface area contributed by atoms with E-state index in [0.717, 1.165) is 37.7 Å². The highest BCUT2D eigenvalue weighted by molar-refractivity contribution is 6.00. The van der Waals surface area contributed by atoms with Crippen molar-refractivity contribution >= 4 is 5.78 Å². The summed E-state index contributed by atoms with van der Waals surface area (Å²) in [6.45, 7) is 8.58. The van der Waals surface area contributed by atoms with Gasteiger partial charge in [0, 0.05) is 5.92 Å². The van der Waals surface area contributed by atoms with E-state index in [-0.39, 0.29) is 22.5 Å². The first kappa shape index (κ1) is 16.5. The van der Waals surface area contributed by atoms with Crippen LogP contribution in [0.5, 0.6) is 0 Å². The SMILES string of the molecule is CC1=C(CCc2ccoc2)[C@@]2(C)CCCC(C)(C)[C@H]2[C@H](O)C1=O. The van der Waals surface area contributed by atoms with Gasteiger partial charge in [-0.25, -0.2) is 0 Å². The maximum atomic E-state index is 12.7. The van der Waals surface area contributed by atoms with E-state index < -0.39 is 6.10 Å². The molecule has 3 atom stereocenters. The molecule has 3 heteroatoms. The van der Waals surface area contributed by atoms with E-state index in [9.17, 15) is 9.90 Å². The maximum absolute atomic E-state index is 12.7. The molecule has 1 aromatic heterocycles. The summed E-state index contributed by atoms with van der Waals surface area (Å²) < 4.78 is 5.16. The Balaban J connectivity index is 1.99. The van der Waals surface area contributed by atoms with Gasteiger partial charge in [0.15, 0.2) is 5.78 Å². The maximum Gasteiger partial charge on any atom is 0.187 e. The number of aliphatic hydroxyl groups is 1. The van der Waals surface area contributed by atoms with Crippen LogP contribution >= 0.6 is 0 Å². The van der Waals surface area contributed by atoms with Crippen LogP contribution < -0.4 is 0 Å². The number of furan rings is 1. The molecule has 1 N–H and O–H groups in total. The number of hydrogen-bond acceptors (Lipinski definition) is 3. The predicted molar refractivity (Wildman–Crippen MR) is 90.0 cm³/mol. The molecule has 0 bridgehead atoms. The monoisotopic (exact) mass is 316 g/mol. The lowest BCUT2D eigenvalue weighted by molar-refractivity contribution is -0.140. The van der Waals surface area contributed by atoms with Gasteiger partial charge in [-0.15, -0.1) is 0 Å². The highest BCUT2D eigenvalue weighted by Crippen LogP contribution is 2.59. The Kier molecular flexibility index (Phi) is 4.04. The number of carbonyl (C=O) groups is 1. The van der Waals surface area contributed by atoms with Gasteiger partial charge in [-0.3, -0.25) is 4.79 Å². The Morgan fingerprint density at radius 1 is 1.26 bits per heavy atom. The van der Waals surface area contributed by atoms with Crippen molar-refractivity contribution in [3.05, 3.63) is 35.3 Å². The number of allylic oxidation sites excluding steroid dienone is 1. The Labute approximate surface area is 138 Å². The predicted octanol–water partition coefficient (Wildman–Crippen LogP) is 4.30. The minimum Gasteiger partial charge on any atom is -0.472 e. The molecule has 0 amide bonds. The molecule has 2 aliphatic carbocycles. The highest BCUT2D eigenvalue weighted by atomic mass is 16.3. The van der Waals surface area contributed by atoms with Crippen molar-refractivity contribution in [3.63, 3.8) is 0 Å². The number of fused-ring (bicyclic) bond motifs is 1. The molecule has 1 aromatic rings. The number of Topliss-reactive ketones (excluding diaryl/α,β-unsaturated/α-hetero) is 1. The third kappa shape index (κ3) is 2.59. The van der Waals surface area contributed by atoms with Crippen LogP contribution in [0.2, 0.25) is 0 Å². The Morgan fingerprint density at radius 2 is 2.00 bits per heavy atom. The van der Waals surface area contributed by atoms with Crippen LogP contribution in [0.4, 0.5) is 0 Å². The van der Waals surface area contributed by atoms with Gasteiger partial charge < -0.3 is 9.52 Å². The molecular weight excluding hydrogens is 288 g/mol. The van der Waals surface area contributed by atoms with Crippen molar-refractivity contribution in [3.8, 4) is 0 Å². The second-order valence-corrected chi connectivity index (χ2v) is 8.28. The minimum absolute atomic E-state index is 0.0103. The lowest BCUT2D eigenvalue weighted by atomic mass is 9.48. The van der Waals surface area contributed by atoms with Crippen LogP contribution in [0.15, 0.2) is 34.2 Å². The number of rotatable bonds is 3. The van der Waals surface area contributed by atoms with Crippen LogP contribution in [-0.2, 0) is 11.2 Å². The number of aliphatic hydroxyl groups excluding tert-OH is 1. The first-order valence-electron chi connectivity index (χ1n) is 8.71. The molecule has 0 radical (unpaired) electrons. The third-order valence-corrected chi connectivity index (χ3v) is 6.39. The molecule has 0 aliphatic heterocycles. The Morgan fingerprint density at radius 3 is 2.65 bits per heavy atom. The minimum atomic E-state index is -0.854. The van der Waals surface area contributed by atoms with Gasteiger partial charge in [-0.05, 0) is 60.6 Å². The van der Waals surface area contributed by atoms with E-state index in [4.69, 9.17) is 4.42 Å². The molecule has 23 heavy (non-hydrogen) atoms. The zero-order valence-corrected chi connectivity index (χ0v) is 14.7. The summed E-state index contributed by atoms with van der Waals surface area (Å²) in [4.78, 5) is 12.7. The van der Waals surface area contributed by atoms with Gasteiger partial charge in [-0.1, -0.05) is 32.8 Å². The van der Waals surface area contributed by atoms with Crippen molar-refractivity contribution in [1.29, 1.82) is 0 Å². The molecule has 1 heterocycles. The van der Waals surface area contributed by atoms with Crippen LogP contribution in [-0.4, -0.2) is 17.0 Å². The van der Waals surface area contributed by atoms with Gasteiger partial charge in [0.05, 0.1) is 12.5 Å². The standard InChI is InChI=1S/C20H28O3/c1-13-15(7-6-14-8-11-23-12-14)20(4)10-5-9-19(2,3)18(20)17(22)16(13)21/h8,11-12,17-18,22H,5-7,9-10H2,1-4H3/t17-,18-,20-/m1/s1. The summed E-state index contributed by atoms with van der Waals surface area (Å²) in [5.41, 5.74) is 3.12. The lowest BCUT2D eigenvalue weighted by Gasteiger charge is -2.56. The quantitative estimate of drug-likeness (QED) is 0.904. The third-order valence-electron chi connectivity index (χ3n) is 6.39. The Bertz CT molecular complexity index is 623. The zero-order chi connectivity index (χ0) is 16.8. The molecule has 1 saturated carbocycles. The first-order chi connectivity index (χ1) is 10.8. The summed E-state index contributed by atoms with van der Waals surface area (Å²) in [5.74, 6) is -0.0519. The van der Waals surface area contributed by atoms with E-state index >= 15 is 0 Å². The summed E-state index contributed by atoms with van der Waals surface area (Å²) in [6.07, 6.45) is 7.66. The second-order valence-electron chi connectivity index (χ2n) is 8.28. The van der Waals surface area contributed by atoms with Gasteiger partial charge in [0.1, 0.15) is 6.10 Å². The average Bonchev–Trinajstić information content (AvgIpc) is 2.97. The largest absolute Gasteiger partial charge is 0.472 e. The van der Waals surface area contributed by atoms with Crippen molar-refractivity contribution in [1.82, 2.24) is 0 Å². The zero-order valence-electron chi connectivity index (χ0n) is 14.7. The Hall–Kier alpha value is -1.35. The molecule has 0 aromatic carbocycles. The molecule has 2 aliphatic rings. The lowest BCUT2D eigenvalue weighted by Crippen LogP contribution is -2.55. The van der Waals surface area contributed by atoms with Crippen molar-refractivity contribution in [2.75, 3.05) is 0 Å². The van der Waals surface area contributed by atoms with Gasteiger partial charge in [-0.2, -0.15) is 0 Å². The van der Waals surface area contributed by atoms with E-state index in [1.165, 1.54) is 11.1 Å². The van der Waals surface area contributed by atoms with Crippen LogP contribution in [0, 0.1) is 16.7 Å². The molecule has 0 unspecified atom stereocenters. The number of aryl methyl sites for hydroxylation is 1. The highest BCUT2D eigenvalue weighted by Gasteiger charge is 2.56. The van der Waals surface area contributed by atoms with E-state index in [1.54, 1.807) is 12.5 Å². The van der Waals surface area contributed by atoms with Gasteiger partial charge in [0.25, 0.3) is 0 Å². The molecule has 126 valence electrons. The molecule has 0 spiro atoms. The van der Waals surface area contributed by atoms with Crippen LogP contribution in [0.25, 0.3) is 0 Å². The van der Waals surface area contributed by atoms with Crippen molar-refractivity contribution in [2.24, 2.45) is 16.7 Å². The van der Waals surface area contributed by atoms with E-state index in [0.29, 0.717) is 0 Å². The van der Waals surface area contributed by atoms with Crippen LogP contribution in [0.1, 0.15) is 58.9 Å². The number of hydrogen-bond donors (Lipinski definition) is 1. The summed E-state index contributed by atoms with van der Waals surface area (Å²) in [6, 6.07) is 1.99. The normalized spacial score (nSPS) is 33.7. The second kappa shape index (κ2) is 5.62. The summed E-state index contributed by atoms with van der Waals surface area (Å²) in [7, 11) is 0. The van der Waals surface area contributed by atoms with Crippen molar-refractivity contribution < 1.29 is 14.3 Å². The van der Waals surface area contributed by atoms with E-state index in [2.05, 4.69) is 20.8 Å². The average molecular weight is 316 g/mol. The summed E-state index contributed by atoms with van der Waals surface area (Å²) >= 11 is 0. The van der Waals surface area contributed by atoms with Crippen LogP contribution in [0.3, 0.4) is 0 Å². The molecule has 3 rings (SSSR count). The molecule has 1 fully saturated rings. The molecule has 3 nitrogen and oxygen atoms in total. The number of ketones is 1. The van der Waals surface area contributed by atoms with E-state index in [1.807, 2.05) is 13.0 Å². The fourth-order valence-electron chi connectivity index (χ4n) is 5.33. The number of carbonyl (C=O) groups excluding carboxylic acids is 1. The van der Waals surface area contributed by atoms with Gasteiger partial charge in [0.2, 0.25) is 0 Å². The molecular formula is C20H28O3. The summed E-state index contributed by atoms with van der Waals surface area (Å²) in [5, 5.41) is 10.7. The van der Waals surface area contributed by atoms with Crippen molar-refractivity contribution in [2.45, 2.75) is 65.9 Å². The topological polar surface area (TPSA) is 50.4 Å². The fraction of sp³-hybridized carbons (Fsp3) is 0.650. The molecule has 0 saturated heterocycles. The van der Waals surface area contributed by atoms with Gasteiger partial charge >= 0.3 is 0 Å². The smallest absolute Gasteiger partial charge is 0.187 e.